The van der Waals surface area contributed by atoms with Crippen molar-refractivity contribution in [3.05, 3.63) is 46.2 Å². The number of ether oxygens (including phenoxy) is 1. The van der Waals surface area contributed by atoms with E-state index in [9.17, 15) is 9.59 Å². The number of amides is 1. The Balaban J connectivity index is 1.77. The molecule has 0 atom stereocenters. The molecule has 27 heavy (non-hydrogen) atoms. The number of hydrogen-bond acceptors (Lipinski definition) is 7. The van der Waals surface area contributed by atoms with Gasteiger partial charge < -0.3 is 14.2 Å². The summed E-state index contributed by atoms with van der Waals surface area (Å²) < 4.78 is 10.3. The van der Waals surface area contributed by atoms with Crippen molar-refractivity contribution in [1.82, 2.24) is 15.4 Å². The highest BCUT2D eigenvalue weighted by Gasteiger charge is 2.31. The van der Waals surface area contributed by atoms with Crippen molar-refractivity contribution in [3.63, 3.8) is 0 Å². The molecule has 9 heteroatoms. The lowest BCUT2D eigenvalue weighted by Gasteiger charge is -2.26. The Morgan fingerprint density at radius 1 is 1.41 bits per heavy atom. The molecular formula is C18H15ClN4O4. The Morgan fingerprint density at radius 3 is 3.00 bits per heavy atom. The molecule has 0 saturated carbocycles. The zero-order valence-electron chi connectivity index (χ0n) is 14.4. The van der Waals surface area contributed by atoms with Crippen LogP contribution in [0.25, 0.3) is 17.3 Å². The van der Waals surface area contributed by atoms with Gasteiger partial charge in [-0.25, -0.2) is 4.79 Å². The normalized spacial score (nSPS) is 17.6. The number of nitrogens with zero attached hydrogens (tertiary/aromatic N) is 3. The molecular weight excluding hydrogens is 372 g/mol. The number of carbonyl (C=O) groups excluding carboxylic acids is 2. The molecule has 1 N–H and O–H groups in total. The Labute approximate surface area is 159 Å². The monoisotopic (exact) mass is 386 g/mol. The van der Waals surface area contributed by atoms with Gasteiger partial charge in [0.1, 0.15) is 11.3 Å². The van der Waals surface area contributed by atoms with Gasteiger partial charge in [-0.05, 0) is 12.1 Å². The average Bonchev–Trinajstić information content (AvgIpc) is 3.28. The highest BCUT2D eigenvalue weighted by Crippen LogP contribution is 2.32. The molecule has 0 bridgehead atoms. The van der Waals surface area contributed by atoms with Crippen molar-refractivity contribution in [2.24, 2.45) is 4.99 Å². The van der Waals surface area contributed by atoms with Gasteiger partial charge in [0.2, 0.25) is 5.96 Å². The van der Waals surface area contributed by atoms with Gasteiger partial charge in [-0.1, -0.05) is 35.0 Å². The summed E-state index contributed by atoms with van der Waals surface area (Å²) >= 11 is 6.23. The van der Waals surface area contributed by atoms with E-state index in [-0.39, 0.29) is 22.9 Å². The van der Waals surface area contributed by atoms with E-state index < -0.39 is 5.97 Å². The number of methoxy groups -OCH3 is 1. The molecule has 4 rings (SSSR count). The second kappa shape index (κ2) is 6.88. The Bertz CT molecular complexity index is 995. The lowest BCUT2D eigenvalue weighted by molar-refractivity contribution is -0.116. The molecule has 2 aromatic rings. The number of guanidine groups is 1. The predicted molar refractivity (Wildman–Crippen MR) is 98.3 cm³/mol. The first-order valence-electron chi connectivity index (χ1n) is 8.22. The third kappa shape index (κ3) is 3.08. The van der Waals surface area contributed by atoms with E-state index in [1.807, 2.05) is 4.90 Å². The fourth-order valence-corrected chi connectivity index (χ4v) is 3.25. The van der Waals surface area contributed by atoms with Crippen LogP contribution in [0.5, 0.6) is 0 Å². The first-order valence-corrected chi connectivity index (χ1v) is 8.60. The van der Waals surface area contributed by atoms with Gasteiger partial charge in [0.15, 0.2) is 5.76 Å². The third-order valence-corrected chi connectivity index (χ3v) is 4.68. The van der Waals surface area contributed by atoms with E-state index >= 15 is 0 Å². The number of aliphatic imine (C=N–C) groups is 1. The molecule has 1 aromatic carbocycles. The van der Waals surface area contributed by atoms with Gasteiger partial charge in [0.25, 0.3) is 5.91 Å². The smallest absolute Gasteiger partial charge is 0.344 e. The number of carbonyl (C=O) groups is 2. The first-order chi connectivity index (χ1) is 13.1. The summed E-state index contributed by atoms with van der Waals surface area (Å²) in [5.41, 5.74) is 1.35. The van der Waals surface area contributed by atoms with Crippen molar-refractivity contribution in [1.29, 1.82) is 0 Å². The molecule has 138 valence electrons. The lowest BCUT2D eigenvalue weighted by Crippen LogP contribution is -2.49. The number of aromatic nitrogens is 1. The summed E-state index contributed by atoms with van der Waals surface area (Å²) in [6.45, 7) is 1.72. The van der Waals surface area contributed by atoms with Gasteiger partial charge in [-0.3, -0.25) is 15.1 Å². The molecule has 0 aliphatic carbocycles. The molecule has 0 radical (unpaired) electrons. The quantitative estimate of drug-likeness (QED) is 0.639. The van der Waals surface area contributed by atoms with Crippen LogP contribution in [0.3, 0.4) is 0 Å². The van der Waals surface area contributed by atoms with Crippen LogP contribution >= 0.6 is 11.6 Å². The largest absolute Gasteiger partial charge is 0.465 e. The Kier molecular flexibility index (Phi) is 4.41. The summed E-state index contributed by atoms with van der Waals surface area (Å²) in [5.74, 6) is -0.211. The zero-order valence-corrected chi connectivity index (χ0v) is 15.1. The second-order valence-corrected chi connectivity index (χ2v) is 6.40. The first kappa shape index (κ1) is 17.3. The molecule has 0 spiro atoms. The molecule has 1 amide bonds. The van der Waals surface area contributed by atoms with Gasteiger partial charge in [-0.15, -0.1) is 0 Å². The van der Waals surface area contributed by atoms with Crippen LogP contribution in [0, 0.1) is 0 Å². The van der Waals surface area contributed by atoms with E-state index in [1.54, 1.807) is 24.3 Å². The van der Waals surface area contributed by atoms with Crippen molar-refractivity contribution in [2.75, 3.05) is 26.7 Å². The SMILES string of the molecule is COC(=O)c1c(-c2ccccc2Cl)noc1/C=C1/CN2CCN=C2NC1=O. The maximum Gasteiger partial charge on any atom is 0.344 e. The maximum absolute atomic E-state index is 12.4. The molecule has 1 fully saturated rings. The van der Waals surface area contributed by atoms with Gasteiger partial charge in [-0.2, -0.15) is 0 Å². The van der Waals surface area contributed by atoms with Crippen molar-refractivity contribution in [3.8, 4) is 11.3 Å². The van der Waals surface area contributed by atoms with Crippen LogP contribution in [-0.2, 0) is 9.53 Å². The fraction of sp³-hybridized carbons (Fsp3) is 0.222. The molecule has 8 nitrogen and oxygen atoms in total. The minimum absolute atomic E-state index is 0.117. The van der Waals surface area contributed by atoms with Gasteiger partial charge >= 0.3 is 5.97 Å². The highest BCUT2D eigenvalue weighted by molar-refractivity contribution is 6.33. The van der Waals surface area contributed by atoms with Crippen LogP contribution in [0.4, 0.5) is 0 Å². The van der Waals surface area contributed by atoms with Crippen LogP contribution in [0.1, 0.15) is 16.1 Å². The van der Waals surface area contributed by atoms with E-state index in [2.05, 4.69) is 15.5 Å². The molecule has 2 aliphatic heterocycles. The molecule has 1 saturated heterocycles. The second-order valence-electron chi connectivity index (χ2n) is 5.99. The number of fused-ring (bicyclic) bond motifs is 1. The van der Waals surface area contributed by atoms with Crippen LogP contribution in [0.2, 0.25) is 5.02 Å². The Hall–Kier alpha value is -3.13. The summed E-state index contributed by atoms with van der Waals surface area (Å²) in [6.07, 6.45) is 1.50. The number of nitrogens with one attached hydrogen (secondary N) is 1. The van der Waals surface area contributed by atoms with Crippen LogP contribution in [0.15, 0.2) is 39.4 Å². The average molecular weight is 387 g/mol. The number of esters is 1. The van der Waals surface area contributed by atoms with E-state index in [0.29, 0.717) is 35.2 Å². The van der Waals surface area contributed by atoms with E-state index in [0.717, 1.165) is 6.54 Å². The topological polar surface area (TPSA) is 97.0 Å². The summed E-state index contributed by atoms with van der Waals surface area (Å²) in [5, 5.41) is 7.15. The van der Waals surface area contributed by atoms with E-state index in [1.165, 1.54) is 13.2 Å². The number of halogens is 1. The highest BCUT2D eigenvalue weighted by atomic mass is 35.5. The molecule has 1 aromatic heterocycles. The van der Waals surface area contributed by atoms with Crippen LogP contribution < -0.4 is 5.32 Å². The standard InChI is InChI=1S/C18H15ClN4O4/c1-26-17(25)14-13(27-22-15(14)11-4-2-3-5-12(11)19)8-10-9-23-7-6-20-18(23)21-16(10)24/h2-5,8H,6-7,9H2,1H3,(H,20,21,24)/b10-8-. The summed E-state index contributed by atoms with van der Waals surface area (Å²) in [7, 11) is 1.27. The maximum atomic E-state index is 12.4. The molecule has 2 aliphatic rings. The number of hydrogen-bond donors (Lipinski definition) is 1. The molecule has 3 heterocycles. The molecule has 0 unspecified atom stereocenters. The Morgan fingerprint density at radius 2 is 2.22 bits per heavy atom. The summed E-state index contributed by atoms with van der Waals surface area (Å²) in [4.78, 5) is 30.9. The van der Waals surface area contributed by atoms with Crippen molar-refractivity contribution < 1.29 is 18.8 Å². The summed E-state index contributed by atoms with van der Waals surface area (Å²) in [6, 6.07) is 6.96. The number of rotatable bonds is 3. The van der Waals surface area contributed by atoms with Gasteiger partial charge in [0.05, 0.1) is 25.2 Å². The zero-order chi connectivity index (χ0) is 19.0. The predicted octanol–water partition coefficient (Wildman–Crippen LogP) is 1.97. The minimum atomic E-state index is -0.627. The fourth-order valence-electron chi connectivity index (χ4n) is 3.02. The third-order valence-electron chi connectivity index (χ3n) is 4.35. The minimum Gasteiger partial charge on any atom is -0.465 e. The van der Waals surface area contributed by atoms with Crippen molar-refractivity contribution in [2.45, 2.75) is 0 Å². The van der Waals surface area contributed by atoms with Gasteiger partial charge in [0, 0.05) is 17.7 Å². The van der Waals surface area contributed by atoms with E-state index in [4.69, 9.17) is 20.9 Å². The van der Waals surface area contributed by atoms with Crippen molar-refractivity contribution >= 4 is 35.5 Å². The number of benzene rings is 1. The van der Waals surface area contributed by atoms with Crippen LogP contribution in [-0.4, -0.2) is 54.6 Å². The lowest BCUT2D eigenvalue weighted by atomic mass is 10.0.